The van der Waals surface area contributed by atoms with Crippen LogP contribution < -0.4 is 9.64 Å². The van der Waals surface area contributed by atoms with Gasteiger partial charge in [0.1, 0.15) is 11.9 Å². The molecule has 0 spiro atoms. The van der Waals surface area contributed by atoms with Gasteiger partial charge in [-0.25, -0.2) is 9.97 Å². The number of rotatable bonds is 6. The second-order valence-corrected chi connectivity index (χ2v) is 7.69. The van der Waals surface area contributed by atoms with Gasteiger partial charge in [-0.15, -0.1) is 0 Å². The molecule has 3 heterocycles. The lowest BCUT2D eigenvalue weighted by Gasteiger charge is -2.40. The van der Waals surface area contributed by atoms with E-state index in [1.807, 2.05) is 24.5 Å². The molecule has 0 saturated carbocycles. The van der Waals surface area contributed by atoms with Gasteiger partial charge >= 0.3 is 0 Å². The highest BCUT2D eigenvalue weighted by molar-refractivity contribution is 6.31. The van der Waals surface area contributed by atoms with Crippen LogP contribution in [0, 0.1) is 0 Å². The molecule has 0 bridgehead atoms. The van der Waals surface area contributed by atoms with Gasteiger partial charge in [-0.3, -0.25) is 4.90 Å². The minimum Gasteiger partial charge on any atom is -0.491 e. The third-order valence-corrected chi connectivity index (χ3v) is 5.69. The molecule has 1 saturated heterocycles. The zero-order valence-electron chi connectivity index (χ0n) is 16.3. The Balaban J connectivity index is 1.33. The number of hydrogen-bond acceptors (Lipinski definition) is 6. The maximum absolute atomic E-state index is 6.14. The summed E-state index contributed by atoms with van der Waals surface area (Å²) in [5.41, 5.74) is 2.13. The minimum atomic E-state index is 0.448. The summed E-state index contributed by atoms with van der Waals surface area (Å²) in [5, 5.41) is 1.88. The first-order valence-corrected chi connectivity index (χ1v) is 10.0. The number of aryl methyl sites for hydroxylation is 1. The number of anilines is 1. The molecule has 28 heavy (non-hydrogen) atoms. The van der Waals surface area contributed by atoms with Gasteiger partial charge in [0.2, 0.25) is 0 Å². The summed E-state index contributed by atoms with van der Waals surface area (Å²) in [5.74, 6) is 1.61. The van der Waals surface area contributed by atoms with Crippen molar-refractivity contribution >= 4 is 28.4 Å². The van der Waals surface area contributed by atoms with E-state index in [0.29, 0.717) is 6.04 Å². The number of piperazine rings is 1. The number of fused-ring (bicyclic) bond motifs is 1. The predicted molar refractivity (Wildman–Crippen MR) is 111 cm³/mol. The zero-order chi connectivity index (χ0) is 19.5. The summed E-state index contributed by atoms with van der Waals surface area (Å²) < 4.78 is 11.1. The van der Waals surface area contributed by atoms with Crippen molar-refractivity contribution in [1.82, 2.24) is 14.9 Å². The highest BCUT2D eigenvalue weighted by atomic mass is 35.5. The number of ether oxygens (including phenoxy) is 1. The average Bonchev–Trinajstić information content (AvgIpc) is 3.11. The summed E-state index contributed by atoms with van der Waals surface area (Å²) in [6.45, 7) is 6.20. The summed E-state index contributed by atoms with van der Waals surface area (Å²) in [6.07, 6.45) is 7.24. The number of aromatic nitrogens is 2. The Labute approximate surface area is 170 Å². The number of benzene rings is 1. The van der Waals surface area contributed by atoms with E-state index < -0.39 is 0 Å². The molecule has 2 aromatic heterocycles. The number of nitrogens with zero attached hydrogens (tertiary/aromatic N) is 4. The summed E-state index contributed by atoms with van der Waals surface area (Å²) >= 11 is 6.14. The number of furan rings is 1. The first kappa shape index (κ1) is 19.0. The van der Waals surface area contributed by atoms with Crippen LogP contribution in [0.2, 0.25) is 5.02 Å². The molecule has 7 heteroatoms. The number of methoxy groups -OCH3 is 1. The highest BCUT2D eigenvalue weighted by Crippen LogP contribution is 2.27. The van der Waals surface area contributed by atoms with Crippen molar-refractivity contribution < 1.29 is 9.15 Å². The molecule has 1 fully saturated rings. The van der Waals surface area contributed by atoms with Crippen LogP contribution in [0.3, 0.4) is 0 Å². The topological polar surface area (TPSA) is 54.6 Å². The second-order valence-electron chi connectivity index (χ2n) is 7.25. The van der Waals surface area contributed by atoms with Gasteiger partial charge in [0.15, 0.2) is 11.6 Å². The Morgan fingerprint density at radius 3 is 3.04 bits per heavy atom. The highest BCUT2D eigenvalue weighted by Gasteiger charge is 2.26. The average molecular weight is 401 g/mol. The van der Waals surface area contributed by atoms with Crippen molar-refractivity contribution in [2.24, 2.45) is 0 Å². The largest absolute Gasteiger partial charge is 0.491 e. The van der Waals surface area contributed by atoms with E-state index in [4.69, 9.17) is 20.8 Å². The third kappa shape index (κ3) is 3.93. The maximum Gasteiger partial charge on any atom is 0.179 e. The lowest BCUT2D eigenvalue weighted by Crippen LogP contribution is -2.52. The molecule has 4 rings (SSSR count). The number of hydrogen-bond donors (Lipinski definition) is 0. The van der Waals surface area contributed by atoms with Crippen LogP contribution in [0.4, 0.5) is 5.82 Å². The van der Waals surface area contributed by atoms with Crippen LogP contribution in [0.1, 0.15) is 18.9 Å². The monoisotopic (exact) mass is 400 g/mol. The van der Waals surface area contributed by atoms with Crippen LogP contribution in [0.5, 0.6) is 5.75 Å². The Bertz CT molecular complexity index is 945. The molecular weight excluding hydrogens is 376 g/mol. The quantitative estimate of drug-likeness (QED) is 0.622. The Morgan fingerprint density at radius 1 is 1.32 bits per heavy atom. The van der Waals surface area contributed by atoms with E-state index in [1.54, 1.807) is 19.6 Å². The summed E-state index contributed by atoms with van der Waals surface area (Å²) in [7, 11) is 1.66. The van der Waals surface area contributed by atoms with Crippen molar-refractivity contribution in [1.29, 1.82) is 0 Å². The molecule has 1 atom stereocenters. The molecule has 1 aliphatic rings. The lowest BCUT2D eigenvalue weighted by atomic mass is 10.1. The molecule has 1 aliphatic heterocycles. The van der Waals surface area contributed by atoms with Crippen LogP contribution in [0.15, 0.2) is 41.4 Å². The minimum absolute atomic E-state index is 0.448. The Hall–Kier alpha value is -2.31. The second kappa shape index (κ2) is 8.37. The summed E-state index contributed by atoms with van der Waals surface area (Å²) in [6, 6.07) is 6.24. The fourth-order valence-corrected chi connectivity index (χ4v) is 4.10. The summed E-state index contributed by atoms with van der Waals surface area (Å²) in [4.78, 5) is 13.3. The molecule has 0 radical (unpaired) electrons. The predicted octanol–water partition coefficient (Wildman–Crippen LogP) is 4.03. The van der Waals surface area contributed by atoms with Crippen LogP contribution in [0.25, 0.3) is 11.0 Å². The molecule has 6 nitrogen and oxygen atoms in total. The molecule has 1 unspecified atom stereocenters. The van der Waals surface area contributed by atoms with Crippen LogP contribution in [-0.2, 0) is 6.42 Å². The van der Waals surface area contributed by atoms with Gasteiger partial charge in [0.05, 0.1) is 19.6 Å². The van der Waals surface area contributed by atoms with Crippen molar-refractivity contribution in [3.8, 4) is 5.75 Å². The molecule has 1 aromatic carbocycles. The van der Waals surface area contributed by atoms with E-state index in [2.05, 4.69) is 26.7 Å². The number of halogens is 1. The van der Waals surface area contributed by atoms with E-state index in [1.165, 1.54) is 5.56 Å². The Kier molecular flexibility index (Phi) is 5.69. The van der Waals surface area contributed by atoms with Crippen molar-refractivity contribution in [2.75, 3.05) is 38.2 Å². The first-order valence-electron chi connectivity index (χ1n) is 9.64. The van der Waals surface area contributed by atoms with Crippen molar-refractivity contribution in [3.05, 3.63) is 47.6 Å². The molecule has 0 N–H and O–H groups in total. The van der Waals surface area contributed by atoms with E-state index in [9.17, 15) is 0 Å². The third-order valence-electron chi connectivity index (χ3n) is 5.45. The molecule has 148 valence electrons. The fourth-order valence-electron chi connectivity index (χ4n) is 3.93. The van der Waals surface area contributed by atoms with E-state index in [0.717, 1.165) is 66.6 Å². The standard InChI is InChI=1S/C21H25ClN4O2/c1-15-12-26(21-20(27-2)11-23-14-24-21)9-8-25(15)7-3-4-16-13-28-19-6-5-17(22)10-18(16)19/h5-6,10-11,13-15H,3-4,7-9,12H2,1-2H3. The lowest BCUT2D eigenvalue weighted by molar-refractivity contribution is 0.186. The van der Waals surface area contributed by atoms with Gasteiger partial charge in [-0.1, -0.05) is 11.6 Å². The Morgan fingerprint density at radius 2 is 2.21 bits per heavy atom. The van der Waals surface area contributed by atoms with E-state index in [-0.39, 0.29) is 0 Å². The fraction of sp³-hybridized carbons (Fsp3) is 0.429. The SMILES string of the molecule is COc1cncnc1N1CCN(CCCc2coc3ccc(Cl)cc23)C(C)C1. The van der Waals surface area contributed by atoms with Crippen molar-refractivity contribution in [3.63, 3.8) is 0 Å². The first-order chi connectivity index (χ1) is 13.7. The maximum atomic E-state index is 6.14. The van der Waals surface area contributed by atoms with Gasteiger partial charge in [-0.05, 0) is 50.1 Å². The molecule has 0 amide bonds. The van der Waals surface area contributed by atoms with Crippen molar-refractivity contribution in [2.45, 2.75) is 25.8 Å². The van der Waals surface area contributed by atoms with Gasteiger partial charge in [0.25, 0.3) is 0 Å². The molecule has 0 aliphatic carbocycles. The molecule has 3 aromatic rings. The van der Waals surface area contributed by atoms with E-state index >= 15 is 0 Å². The smallest absolute Gasteiger partial charge is 0.179 e. The van der Waals surface area contributed by atoms with Gasteiger partial charge in [-0.2, -0.15) is 0 Å². The van der Waals surface area contributed by atoms with Gasteiger partial charge in [0, 0.05) is 36.1 Å². The van der Waals surface area contributed by atoms with Gasteiger partial charge < -0.3 is 14.1 Å². The zero-order valence-corrected chi connectivity index (χ0v) is 17.0. The van der Waals surface area contributed by atoms with Crippen LogP contribution >= 0.6 is 11.6 Å². The van der Waals surface area contributed by atoms with Crippen LogP contribution in [-0.4, -0.2) is 54.2 Å². The normalized spacial score (nSPS) is 18.0. The molecular formula is C21H25ClN4O2.